The van der Waals surface area contributed by atoms with Gasteiger partial charge in [-0.1, -0.05) is 0 Å². The van der Waals surface area contributed by atoms with E-state index >= 15 is 0 Å². The van der Waals surface area contributed by atoms with Crippen molar-refractivity contribution in [2.45, 2.75) is 19.5 Å². The molecule has 0 N–H and O–H groups in total. The highest BCUT2D eigenvalue weighted by atomic mass is 32.1. The minimum absolute atomic E-state index is 0.00491. The number of aryl methyl sites for hydroxylation is 1. The number of fused-ring (bicyclic) bond motifs is 1. The van der Waals surface area contributed by atoms with E-state index in [0.717, 1.165) is 17.4 Å². The third-order valence-corrected chi connectivity index (χ3v) is 7.59. The van der Waals surface area contributed by atoms with Crippen LogP contribution in [0.3, 0.4) is 0 Å². The monoisotopic (exact) mass is 463 g/mol. The molecular formula is C23H24F3N3O2S. The molecular weight excluding hydrogens is 439 g/mol. The van der Waals surface area contributed by atoms with E-state index in [1.54, 1.807) is 19.2 Å². The molecule has 0 saturated carbocycles. The van der Waals surface area contributed by atoms with Gasteiger partial charge in [-0.05, 0) is 43.7 Å². The lowest BCUT2D eigenvalue weighted by molar-refractivity contribution is -0.137. The summed E-state index contributed by atoms with van der Waals surface area (Å²) in [5, 5.41) is 9.08. The molecule has 5 nitrogen and oxygen atoms in total. The van der Waals surface area contributed by atoms with Crippen molar-refractivity contribution in [3.63, 3.8) is 0 Å². The molecule has 2 aromatic rings. The van der Waals surface area contributed by atoms with E-state index < -0.39 is 11.7 Å². The van der Waals surface area contributed by atoms with Crippen LogP contribution in [0.4, 0.5) is 18.9 Å². The number of halogens is 3. The predicted octanol–water partition coefficient (Wildman–Crippen LogP) is 4.56. The van der Waals surface area contributed by atoms with Crippen molar-refractivity contribution >= 4 is 22.9 Å². The van der Waals surface area contributed by atoms with Crippen LogP contribution in [-0.4, -0.2) is 50.7 Å². The number of hydrogen-bond donors (Lipinski definition) is 0. The lowest BCUT2D eigenvalue weighted by Gasteiger charge is -2.42. The number of alkyl halides is 3. The number of carbonyl (C=O) groups is 1. The summed E-state index contributed by atoms with van der Waals surface area (Å²) in [6, 6.07) is 9.27. The molecule has 0 unspecified atom stereocenters. The second-order valence-electron chi connectivity index (χ2n) is 8.62. The summed E-state index contributed by atoms with van der Waals surface area (Å²) in [6.07, 6.45) is -3.87. The van der Waals surface area contributed by atoms with Crippen LogP contribution in [0.1, 0.15) is 32.1 Å². The molecule has 4 rings (SSSR count). The van der Waals surface area contributed by atoms with Gasteiger partial charge in [0.1, 0.15) is 0 Å². The number of hydrogen-bond acceptors (Lipinski definition) is 5. The van der Waals surface area contributed by atoms with Crippen LogP contribution in [0.25, 0.3) is 0 Å². The van der Waals surface area contributed by atoms with E-state index in [9.17, 15) is 18.0 Å². The second-order valence-corrected chi connectivity index (χ2v) is 9.91. The normalized spacial score (nSPS) is 23.2. The summed E-state index contributed by atoms with van der Waals surface area (Å²) in [5.74, 6) is 0.0801. The number of carbonyl (C=O) groups excluding carboxylic acids is 1. The van der Waals surface area contributed by atoms with E-state index in [1.165, 1.54) is 17.4 Å². The zero-order valence-electron chi connectivity index (χ0n) is 17.9. The highest BCUT2D eigenvalue weighted by Crippen LogP contribution is 2.45. The van der Waals surface area contributed by atoms with Crippen molar-refractivity contribution in [1.29, 1.82) is 5.26 Å². The largest absolute Gasteiger partial charge is 0.417 e. The molecule has 32 heavy (non-hydrogen) atoms. The molecule has 1 aromatic heterocycles. The van der Waals surface area contributed by atoms with Crippen molar-refractivity contribution in [3.05, 3.63) is 51.2 Å². The van der Waals surface area contributed by atoms with Gasteiger partial charge in [-0.2, -0.15) is 18.4 Å². The fourth-order valence-electron chi connectivity index (χ4n) is 4.95. The fraction of sp³-hybridized carbons (Fsp3) is 0.478. The summed E-state index contributed by atoms with van der Waals surface area (Å²) < 4.78 is 45.9. The molecule has 3 heterocycles. The van der Waals surface area contributed by atoms with Gasteiger partial charge in [-0.25, -0.2) is 0 Å². The van der Waals surface area contributed by atoms with Gasteiger partial charge in [-0.3, -0.25) is 4.79 Å². The molecule has 2 saturated heterocycles. The number of methoxy groups -OCH3 is 1. The summed E-state index contributed by atoms with van der Waals surface area (Å²) in [5.41, 5.74) is -1.10. The quantitative estimate of drug-likeness (QED) is 0.667. The molecule has 2 aliphatic rings. The zero-order valence-corrected chi connectivity index (χ0v) is 18.7. The van der Waals surface area contributed by atoms with E-state index in [1.807, 2.05) is 28.9 Å². The van der Waals surface area contributed by atoms with Gasteiger partial charge in [0.25, 0.3) is 5.91 Å². The lowest BCUT2D eigenvalue weighted by Crippen LogP contribution is -2.50. The molecule has 2 atom stereocenters. The average Bonchev–Trinajstić information content (AvgIpc) is 3.35. The highest BCUT2D eigenvalue weighted by molar-refractivity contribution is 7.13. The van der Waals surface area contributed by atoms with Crippen molar-refractivity contribution in [3.8, 4) is 6.07 Å². The number of benzene rings is 1. The molecule has 0 aliphatic carbocycles. The van der Waals surface area contributed by atoms with E-state index in [4.69, 9.17) is 10.00 Å². The smallest absolute Gasteiger partial charge is 0.384 e. The van der Waals surface area contributed by atoms with E-state index in [0.29, 0.717) is 43.4 Å². The van der Waals surface area contributed by atoms with Crippen molar-refractivity contribution in [2.75, 3.05) is 44.8 Å². The number of anilines is 1. The van der Waals surface area contributed by atoms with Gasteiger partial charge in [0, 0.05) is 55.2 Å². The summed E-state index contributed by atoms with van der Waals surface area (Å²) >= 11 is 1.47. The number of thiophene rings is 1. The first-order valence-electron chi connectivity index (χ1n) is 10.4. The molecule has 170 valence electrons. The fourth-order valence-corrected chi connectivity index (χ4v) is 5.79. The Balaban J connectivity index is 1.59. The van der Waals surface area contributed by atoms with Gasteiger partial charge in [0.05, 0.1) is 28.7 Å². The van der Waals surface area contributed by atoms with Gasteiger partial charge in [0.15, 0.2) is 0 Å². The Kier molecular flexibility index (Phi) is 5.94. The lowest BCUT2D eigenvalue weighted by atomic mass is 9.73. The van der Waals surface area contributed by atoms with Gasteiger partial charge >= 0.3 is 6.18 Å². The first kappa shape index (κ1) is 22.6. The molecule has 0 spiro atoms. The van der Waals surface area contributed by atoms with Gasteiger partial charge in [-0.15, -0.1) is 11.3 Å². The number of amides is 1. The van der Waals surface area contributed by atoms with Crippen LogP contribution in [0.2, 0.25) is 0 Å². The predicted molar refractivity (Wildman–Crippen MR) is 116 cm³/mol. The molecule has 1 amide bonds. The Morgan fingerprint density at radius 2 is 2.09 bits per heavy atom. The highest BCUT2D eigenvalue weighted by Gasteiger charge is 2.50. The molecule has 1 aromatic carbocycles. The van der Waals surface area contributed by atoms with Crippen LogP contribution < -0.4 is 4.90 Å². The Bertz CT molecular complexity index is 1060. The van der Waals surface area contributed by atoms with Crippen LogP contribution >= 0.6 is 11.3 Å². The maximum absolute atomic E-state index is 13.5. The molecule has 0 bridgehead atoms. The second kappa shape index (κ2) is 8.41. The first-order chi connectivity index (χ1) is 15.2. The SMILES string of the molecule is COC[C@@]12CCN(C(=O)c3ccc(C)s3)C[C@@H]1CN(c1ccc(C#N)c(C(F)(F)F)c1)C2. The maximum Gasteiger partial charge on any atom is 0.417 e. The van der Waals surface area contributed by atoms with Gasteiger partial charge in [0.2, 0.25) is 0 Å². The third-order valence-electron chi connectivity index (χ3n) is 6.60. The van der Waals surface area contributed by atoms with Crippen LogP contribution in [0.5, 0.6) is 0 Å². The number of likely N-dealkylation sites (tertiary alicyclic amines) is 1. The van der Waals surface area contributed by atoms with Crippen LogP contribution in [-0.2, 0) is 10.9 Å². The molecule has 9 heteroatoms. The van der Waals surface area contributed by atoms with Gasteiger partial charge < -0.3 is 14.5 Å². The van der Waals surface area contributed by atoms with Crippen LogP contribution in [0, 0.1) is 29.6 Å². The first-order valence-corrected chi connectivity index (χ1v) is 11.2. The number of nitriles is 1. The Labute approximate surface area is 189 Å². The minimum Gasteiger partial charge on any atom is -0.384 e. The Morgan fingerprint density at radius 3 is 2.72 bits per heavy atom. The van der Waals surface area contributed by atoms with Crippen LogP contribution in [0.15, 0.2) is 30.3 Å². The standard InChI is InChI=1S/C23H24F3N3O2S/c1-15-3-6-20(32-15)21(30)28-8-7-22(14-31-2)13-29(12-17(22)11-28)18-5-4-16(10-27)19(9-18)23(24,25)26/h3-6,9,17H,7-8,11-14H2,1-2H3/t17-,22+/m1/s1. The third kappa shape index (κ3) is 4.09. The summed E-state index contributed by atoms with van der Waals surface area (Å²) in [4.78, 5) is 18.5. The van der Waals surface area contributed by atoms with E-state index in [-0.39, 0.29) is 22.8 Å². The maximum atomic E-state index is 13.5. The number of nitrogens with zero attached hydrogens (tertiary/aromatic N) is 3. The minimum atomic E-state index is -4.60. The molecule has 2 fully saturated rings. The topological polar surface area (TPSA) is 56.6 Å². The number of rotatable bonds is 4. The molecule has 0 radical (unpaired) electrons. The van der Waals surface area contributed by atoms with Crippen molar-refractivity contribution < 1.29 is 22.7 Å². The van der Waals surface area contributed by atoms with Crippen molar-refractivity contribution in [1.82, 2.24) is 4.90 Å². The Morgan fingerprint density at radius 1 is 1.31 bits per heavy atom. The number of ether oxygens (including phenoxy) is 1. The number of piperidine rings is 1. The summed E-state index contributed by atoms with van der Waals surface area (Å²) in [6.45, 7) is 4.65. The summed E-state index contributed by atoms with van der Waals surface area (Å²) in [7, 11) is 1.63. The molecule has 2 aliphatic heterocycles. The van der Waals surface area contributed by atoms with Crippen molar-refractivity contribution in [2.24, 2.45) is 11.3 Å². The average molecular weight is 464 g/mol. The Hall–Kier alpha value is -2.57. The zero-order chi connectivity index (χ0) is 23.1. The van der Waals surface area contributed by atoms with E-state index in [2.05, 4.69) is 0 Å².